The smallest absolute Gasteiger partial charge is 0.226 e. The zero-order valence-corrected chi connectivity index (χ0v) is 13.3. The van der Waals surface area contributed by atoms with Gasteiger partial charge in [0, 0.05) is 30.4 Å². The third-order valence-electron chi connectivity index (χ3n) is 3.81. The highest BCUT2D eigenvalue weighted by Crippen LogP contribution is 2.28. The van der Waals surface area contributed by atoms with Gasteiger partial charge in [0.1, 0.15) is 5.58 Å². The number of fused-ring (bicyclic) bond motifs is 1. The van der Waals surface area contributed by atoms with E-state index in [1.807, 2.05) is 42.5 Å². The van der Waals surface area contributed by atoms with Gasteiger partial charge in [-0.25, -0.2) is 0 Å². The lowest BCUT2D eigenvalue weighted by molar-refractivity contribution is -0.120. The maximum Gasteiger partial charge on any atom is 0.226 e. The van der Waals surface area contributed by atoms with Gasteiger partial charge in [-0.1, -0.05) is 23.4 Å². The summed E-state index contributed by atoms with van der Waals surface area (Å²) in [6.45, 7) is 0.454. The van der Waals surface area contributed by atoms with Crippen molar-refractivity contribution >= 4 is 16.9 Å². The fraction of sp³-hybridized carbons (Fsp3) is 0.105. The number of carbonyl (C=O) groups is 1. The summed E-state index contributed by atoms with van der Waals surface area (Å²) in [5.74, 6) is 0.978. The zero-order chi connectivity index (χ0) is 17.1. The van der Waals surface area contributed by atoms with E-state index in [0.29, 0.717) is 23.8 Å². The molecule has 3 heterocycles. The standard InChI is InChI=1S/C19H15N3O3/c23-19(21-12-13-5-7-20-8-6-13)11-15-10-18(25-22-15)17-9-14-3-1-2-4-16(14)24-17/h1-10H,11-12H2,(H,21,23). The van der Waals surface area contributed by atoms with E-state index in [9.17, 15) is 4.79 Å². The number of carbonyl (C=O) groups excluding carboxylic acids is 1. The molecule has 4 rings (SSSR count). The number of nitrogens with zero attached hydrogens (tertiary/aromatic N) is 2. The molecule has 0 saturated heterocycles. The minimum atomic E-state index is -0.124. The molecule has 25 heavy (non-hydrogen) atoms. The first-order valence-electron chi connectivity index (χ1n) is 7.88. The molecule has 124 valence electrons. The van der Waals surface area contributed by atoms with Crippen LogP contribution in [0.3, 0.4) is 0 Å². The van der Waals surface area contributed by atoms with Crippen molar-refractivity contribution in [2.24, 2.45) is 0 Å². The molecule has 0 aliphatic carbocycles. The number of rotatable bonds is 5. The number of aromatic nitrogens is 2. The molecule has 6 nitrogen and oxygen atoms in total. The molecule has 0 saturated carbocycles. The Balaban J connectivity index is 1.41. The number of hydrogen-bond acceptors (Lipinski definition) is 5. The predicted octanol–water partition coefficient (Wildman–Crippen LogP) is 3.34. The molecule has 1 amide bonds. The fourth-order valence-corrected chi connectivity index (χ4v) is 2.54. The van der Waals surface area contributed by atoms with Gasteiger partial charge in [0.15, 0.2) is 5.76 Å². The number of benzene rings is 1. The van der Waals surface area contributed by atoms with E-state index in [-0.39, 0.29) is 12.3 Å². The Morgan fingerprint density at radius 3 is 2.72 bits per heavy atom. The van der Waals surface area contributed by atoms with E-state index in [1.54, 1.807) is 18.5 Å². The lowest BCUT2D eigenvalue weighted by Gasteiger charge is -2.03. The normalized spacial score (nSPS) is 10.9. The molecule has 0 atom stereocenters. The van der Waals surface area contributed by atoms with Crippen molar-refractivity contribution < 1.29 is 13.7 Å². The molecule has 0 fully saturated rings. The van der Waals surface area contributed by atoms with Crippen LogP contribution in [0.25, 0.3) is 22.5 Å². The van der Waals surface area contributed by atoms with Gasteiger partial charge < -0.3 is 14.3 Å². The molecule has 6 heteroatoms. The van der Waals surface area contributed by atoms with Crippen molar-refractivity contribution in [2.45, 2.75) is 13.0 Å². The Hall–Kier alpha value is -3.41. The summed E-state index contributed by atoms with van der Waals surface area (Å²) in [6, 6.07) is 15.0. The molecule has 0 spiro atoms. The lowest BCUT2D eigenvalue weighted by Crippen LogP contribution is -2.24. The monoisotopic (exact) mass is 333 g/mol. The summed E-state index contributed by atoms with van der Waals surface area (Å²) < 4.78 is 11.0. The van der Waals surface area contributed by atoms with Crippen LogP contribution in [0.5, 0.6) is 0 Å². The molecular weight excluding hydrogens is 318 g/mol. The van der Waals surface area contributed by atoms with Crippen LogP contribution >= 0.6 is 0 Å². The van der Waals surface area contributed by atoms with E-state index in [2.05, 4.69) is 15.5 Å². The average Bonchev–Trinajstić information content (AvgIpc) is 3.27. The summed E-state index contributed by atoms with van der Waals surface area (Å²) >= 11 is 0. The van der Waals surface area contributed by atoms with Gasteiger partial charge in [-0.05, 0) is 29.8 Å². The Morgan fingerprint density at radius 2 is 1.88 bits per heavy atom. The second kappa shape index (κ2) is 6.60. The first-order chi connectivity index (χ1) is 12.3. The number of para-hydroxylation sites is 1. The van der Waals surface area contributed by atoms with E-state index < -0.39 is 0 Å². The van der Waals surface area contributed by atoms with Crippen molar-refractivity contribution in [1.82, 2.24) is 15.5 Å². The maximum atomic E-state index is 12.0. The number of nitrogens with one attached hydrogen (secondary N) is 1. The maximum absolute atomic E-state index is 12.0. The van der Waals surface area contributed by atoms with E-state index >= 15 is 0 Å². The molecule has 0 unspecified atom stereocenters. The van der Waals surface area contributed by atoms with Crippen molar-refractivity contribution in [3.63, 3.8) is 0 Å². The fourth-order valence-electron chi connectivity index (χ4n) is 2.54. The van der Waals surface area contributed by atoms with Crippen molar-refractivity contribution in [2.75, 3.05) is 0 Å². The van der Waals surface area contributed by atoms with Crippen LogP contribution in [0.2, 0.25) is 0 Å². The second-order valence-electron chi connectivity index (χ2n) is 5.64. The third kappa shape index (κ3) is 3.42. The Kier molecular flexibility index (Phi) is 4.00. The van der Waals surface area contributed by atoms with Gasteiger partial charge >= 0.3 is 0 Å². The first-order valence-corrected chi connectivity index (χ1v) is 7.88. The molecule has 0 radical (unpaired) electrons. The average molecular weight is 333 g/mol. The van der Waals surface area contributed by atoms with E-state index in [1.165, 1.54) is 0 Å². The van der Waals surface area contributed by atoms with Crippen LogP contribution in [0.1, 0.15) is 11.3 Å². The zero-order valence-electron chi connectivity index (χ0n) is 13.3. The van der Waals surface area contributed by atoms with E-state index in [0.717, 1.165) is 16.5 Å². The number of furan rings is 1. The van der Waals surface area contributed by atoms with Crippen LogP contribution < -0.4 is 5.32 Å². The van der Waals surface area contributed by atoms with Gasteiger partial charge in [0.05, 0.1) is 12.1 Å². The molecule has 1 aromatic carbocycles. The van der Waals surface area contributed by atoms with Gasteiger partial charge in [0.25, 0.3) is 0 Å². The quantitative estimate of drug-likeness (QED) is 0.606. The topological polar surface area (TPSA) is 81.2 Å². The SMILES string of the molecule is O=C(Cc1cc(-c2cc3ccccc3o2)on1)NCc1ccncc1. The van der Waals surface area contributed by atoms with Gasteiger partial charge in [-0.2, -0.15) is 0 Å². The largest absolute Gasteiger partial charge is 0.453 e. The minimum absolute atomic E-state index is 0.124. The summed E-state index contributed by atoms with van der Waals surface area (Å²) in [6.07, 6.45) is 3.53. The molecule has 3 aromatic heterocycles. The minimum Gasteiger partial charge on any atom is -0.453 e. The summed E-state index contributed by atoms with van der Waals surface area (Å²) in [4.78, 5) is 16.0. The number of hydrogen-bond donors (Lipinski definition) is 1. The second-order valence-corrected chi connectivity index (χ2v) is 5.64. The van der Waals surface area contributed by atoms with Crippen LogP contribution in [0.15, 0.2) is 69.9 Å². The van der Waals surface area contributed by atoms with Crippen molar-refractivity contribution in [1.29, 1.82) is 0 Å². The lowest BCUT2D eigenvalue weighted by atomic mass is 10.2. The molecular formula is C19H15N3O3. The highest BCUT2D eigenvalue weighted by Gasteiger charge is 2.14. The third-order valence-corrected chi connectivity index (χ3v) is 3.81. The molecule has 0 bridgehead atoms. The molecule has 0 aliphatic heterocycles. The van der Waals surface area contributed by atoms with Gasteiger partial charge in [-0.15, -0.1) is 0 Å². The van der Waals surface area contributed by atoms with Crippen LogP contribution in [0, 0.1) is 0 Å². The first kappa shape index (κ1) is 15.1. The molecule has 1 N–H and O–H groups in total. The summed E-state index contributed by atoms with van der Waals surface area (Å²) in [7, 11) is 0. The van der Waals surface area contributed by atoms with Gasteiger partial charge in [0.2, 0.25) is 11.7 Å². The van der Waals surface area contributed by atoms with Gasteiger partial charge in [-0.3, -0.25) is 9.78 Å². The molecule has 4 aromatic rings. The highest BCUT2D eigenvalue weighted by atomic mass is 16.5. The summed E-state index contributed by atoms with van der Waals surface area (Å²) in [5.41, 5.74) is 2.33. The Morgan fingerprint density at radius 1 is 1.04 bits per heavy atom. The van der Waals surface area contributed by atoms with Crippen LogP contribution in [-0.4, -0.2) is 16.0 Å². The molecule has 0 aliphatic rings. The van der Waals surface area contributed by atoms with Crippen molar-refractivity contribution in [3.05, 3.63) is 72.2 Å². The predicted molar refractivity (Wildman–Crippen MR) is 91.5 cm³/mol. The Bertz CT molecular complexity index is 972. The summed E-state index contributed by atoms with van der Waals surface area (Å²) in [5, 5.41) is 7.79. The number of amides is 1. The van der Waals surface area contributed by atoms with Crippen LogP contribution in [0.4, 0.5) is 0 Å². The van der Waals surface area contributed by atoms with E-state index in [4.69, 9.17) is 8.94 Å². The van der Waals surface area contributed by atoms with Crippen molar-refractivity contribution in [3.8, 4) is 11.5 Å². The number of pyridine rings is 1. The van der Waals surface area contributed by atoms with Crippen LogP contribution in [-0.2, 0) is 17.8 Å². The Labute approximate surface area is 143 Å². The highest BCUT2D eigenvalue weighted by molar-refractivity contribution is 5.82.